The van der Waals surface area contributed by atoms with Crippen molar-refractivity contribution in [3.63, 3.8) is 0 Å². The highest BCUT2D eigenvalue weighted by molar-refractivity contribution is 7.99. The van der Waals surface area contributed by atoms with Gasteiger partial charge in [0.15, 0.2) is 5.16 Å². The SMILES string of the molecule is CCc1ccc(C(N)CSc2nnc(C)n2C)cc1. The third kappa shape index (κ3) is 3.36. The van der Waals surface area contributed by atoms with E-state index in [4.69, 9.17) is 5.73 Å². The van der Waals surface area contributed by atoms with E-state index in [9.17, 15) is 0 Å². The van der Waals surface area contributed by atoms with Crippen molar-refractivity contribution in [3.05, 3.63) is 41.2 Å². The van der Waals surface area contributed by atoms with E-state index >= 15 is 0 Å². The minimum Gasteiger partial charge on any atom is -0.323 e. The predicted octanol–water partition coefficient (Wildman–Crippen LogP) is 2.48. The predicted molar refractivity (Wildman–Crippen MR) is 79.2 cm³/mol. The Morgan fingerprint density at radius 1 is 1.26 bits per heavy atom. The molecule has 2 rings (SSSR count). The van der Waals surface area contributed by atoms with Gasteiger partial charge >= 0.3 is 0 Å². The quantitative estimate of drug-likeness (QED) is 0.852. The van der Waals surface area contributed by atoms with Gasteiger partial charge in [0.25, 0.3) is 0 Å². The zero-order valence-corrected chi connectivity index (χ0v) is 12.4. The molecule has 0 radical (unpaired) electrons. The molecule has 19 heavy (non-hydrogen) atoms. The molecule has 0 fully saturated rings. The van der Waals surface area contributed by atoms with Crippen molar-refractivity contribution in [1.82, 2.24) is 14.8 Å². The van der Waals surface area contributed by atoms with Crippen molar-refractivity contribution in [3.8, 4) is 0 Å². The number of hydrogen-bond acceptors (Lipinski definition) is 4. The molecule has 1 unspecified atom stereocenters. The van der Waals surface area contributed by atoms with Crippen LogP contribution < -0.4 is 5.73 Å². The normalized spacial score (nSPS) is 12.6. The summed E-state index contributed by atoms with van der Waals surface area (Å²) >= 11 is 1.65. The molecule has 0 bridgehead atoms. The number of rotatable bonds is 5. The molecule has 0 aliphatic rings. The van der Waals surface area contributed by atoms with Gasteiger partial charge in [0.05, 0.1) is 0 Å². The van der Waals surface area contributed by atoms with E-state index in [0.717, 1.165) is 23.2 Å². The molecule has 2 N–H and O–H groups in total. The Labute approximate surface area is 118 Å². The second-order valence-corrected chi connectivity index (χ2v) is 5.59. The average molecular weight is 276 g/mol. The Kier molecular flexibility index (Phi) is 4.61. The molecule has 5 heteroatoms. The number of hydrogen-bond donors (Lipinski definition) is 1. The number of nitrogens with zero attached hydrogens (tertiary/aromatic N) is 3. The summed E-state index contributed by atoms with van der Waals surface area (Å²) in [6.45, 7) is 4.10. The largest absolute Gasteiger partial charge is 0.323 e. The standard InChI is InChI=1S/C14H20N4S/c1-4-11-5-7-12(8-6-11)13(15)9-19-14-17-16-10(2)18(14)3/h5-8,13H,4,9,15H2,1-3H3. The highest BCUT2D eigenvalue weighted by Crippen LogP contribution is 2.22. The first-order chi connectivity index (χ1) is 9.11. The minimum absolute atomic E-state index is 0.0212. The van der Waals surface area contributed by atoms with Crippen LogP contribution in [0.15, 0.2) is 29.4 Å². The Bertz CT molecular complexity index is 533. The Morgan fingerprint density at radius 3 is 2.47 bits per heavy atom. The molecule has 0 aliphatic heterocycles. The van der Waals surface area contributed by atoms with Gasteiger partial charge in [-0.25, -0.2) is 0 Å². The van der Waals surface area contributed by atoms with E-state index in [1.807, 2.05) is 18.5 Å². The van der Waals surface area contributed by atoms with Gasteiger partial charge in [-0.15, -0.1) is 10.2 Å². The van der Waals surface area contributed by atoms with Gasteiger partial charge in [-0.05, 0) is 24.5 Å². The number of aromatic nitrogens is 3. The zero-order valence-electron chi connectivity index (χ0n) is 11.6. The first-order valence-corrected chi connectivity index (χ1v) is 7.43. The van der Waals surface area contributed by atoms with Gasteiger partial charge in [0.1, 0.15) is 5.82 Å². The molecule has 1 heterocycles. The fraction of sp³-hybridized carbons (Fsp3) is 0.429. The lowest BCUT2D eigenvalue weighted by molar-refractivity contribution is 0.759. The molecule has 1 atom stereocenters. The molecular weight excluding hydrogens is 256 g/mol. The van der Waals surface area contributed by atoms with Crippen molar-refractivity contribution in [1.29, 1.82) is 0 Å². The van der Waals surface area contributed by atoms with Crippen LogP contribution in [0.5, 0.6) is 0 Å². The molecule has 102 valence electrons. The number of benzene rings is 1. The van der Waals surface area contributed by atoms with Crippen molar-refractivity contribution >= 4 is 11.8 Å². The summed E-state index contributed by atoms with van der Waals surface area (Å²) in [5.74, 6) is 1.72. The second-order valence-electron chi connectivity index (χ2n) is 4.60. The molecule has 1 aromatic heterocycles. The molecule has 0 saturated carbocycles. The summed E-state index contributed by atoms with van der Waals surface area (Å²) in [6.07, 6.45) is 1.06. The Hall–Kier alpha value is -1.33. The van der Waals surface area contributed by atoms with Crippen LogP contribution in [0.2, 0.25) is 0 Å². The van der Waals surface area contributed by atoms with Crippen LogP contribution in [0.1, 0.15) is 29.9 Å². The third-order valence-electron chi connectivity index (χ3n) is 3.26. The van der Waals surface area contributed by atoms with Gasteiger partial charge < -0.3 is 10.3 Å². The van der Waals surface area contributed by atoms with E-state index < -0.39 is 0 Å². The number of aryl methyl sites for hydroxylation is 2. The molecule has 0 aliphatic carbocycles. The van der Waals surface area contributed by atoms with Crippen LogP contribution >= 0.6 is 11.8 Å². The van der Waals surface area contributed by atoms with Gasteiger partial charge in [0, 0.05) is 18.8 Å². The van der Waals surface area contributed by atoms with Gasteiger partial charge in [0.2, 0.25) is 0 Å². The Balaban J connectivity index is 1.97. The molecule has 0 amide bonds. The highest BCUT2D eigenvalue weighted by Gasteiger charge is 2.10. The van der Waals surface area contributed by atoms with Crippen LogP contribution in [0, 0.1) is 6.92 Å². The second kappa shape index (κ2) is 6.21. The summed E-state index contributed by atoms with van der Waals surface area (Å²) in [5.41, 5.74) is 8.72. The molecule has 0 spiro atoms. The summed E-state index contributed by atoms with van der Waals surface area (Å²) in [6, 6.07) is 8.55. The van der Waals surface area contributed by atoms with Crippen molar-refractivity contribution in [2.24, 2.45) is 12.8 Å². The lowest BCUT2D eigenvalue weighted by atomic mass is 10.1. The van der Waals surface area contributed by atoms with Crippen molar-refractivity contribution < 1.29 is 0 Å². The van der Waals surface area contributed by atoms with Crippen molar-refractivity contribution in [2.75, 3.05) is 5.75 Å². The van der Waals surface area contributed by atoms with E-state index in [0.29, 0.717) is 0 Å². The Morgan fingerprint density at radius 2 is 1.95 bits per heavy atom. The van der Waals surface area contributed by atoms with Gasteiger partial charge in [-0.1, -0.05) is 43.0 Å². The van der Waals surface area contributed by atoms with Crippen LogP contribution in [0.3, 0.4) is 0 Å². The highest BCUT2D eigenvalue weighted by atomic mass is 32.2. The zero-order chi connectivity index (χ0) is 13.8. The molecule has 4 nitrogen and oxygen atoms in total. The topological polar surface area (TPSA) is 56.7 Å². The summed E-state index contributed by atoms with van der Waals surface area (Å²) in [5, 5.41) is 9.08. The average Bonchev–Trinajstić information content (AvgIpc) is 2.76. The lowest BCUT2D eigenvalue weighted by Gasteiger charge is -2.11. The number of thioether (sulfide) groups is 1. The van der Waals surface area contributed by atoms with Crippen molar-refractivity contribution in [2.45, 2.75) is 31.5 Å². The van der Waals surface area contributed by atoms with E-state index in [2.05, 4.69) is 41.4 Å². The smallest absolute Gasteiger partial charge is 0.191 e. The lowest BCUT2D eigenvalue weighted by Crippen LogP contribution is -2.13. The first kappa shape index (κ1) is 14.1. The van der Waals surface area contributed by atoms with E-state index in [1.165, 1.54) is 11.1 Å². The maximum absolute atomic E-state index is 6.21. The molecule has 1 aromatic carbocycles. The third-order valence-corrected chi connectivity index (χ3v) is 4.40. The van der Waals surface area contributed by atoms with E-state index in [1.54, 1.807) is 11.8 Å². The van der Waals surface area contributed by atoms with Crippen LogP contribution in [0.4, 0.5) is 0 Å². The molecular formula is C14H20N4S. The maximum Gasteiger partial charge on any atom is 0.191 e. The number of nitrogens with two attached hydrogens (primary N) is 1. The van der Waals surface area contributed by atoms with Crippen LogP contribution in [-0.4, -0.2) is 20.5 Å². The van der Waals surface area contributed by atoms with Gasteiger partial charge in [-0.3, -0.25) is 0 Å². The summed E-state index contributed by atoms with van der Waals surface area (Å²) in [7, 11) is 1.97. The first-order valence-electron chi connectivity index (χ1n) is 6.45. The van der Waals surface area contributed by atoms with Crippen LogP contribution in [-0.2, 0) is 13.5 Å². The summed E-state index contributed by atoms with van der Waals surface area (Å²) < 4.78 is 1.98. The maximum atomic E-state index is 6.21. The van der Waals surface area contributed by atoms with Gasteiger partial charge in [-0.2, -0.15) is 0 Å². The minimum atomic E-state index is 0.0212. The van der Waals surface area contributed by atoms with E-state index in [-0.39, 0.29) is 6.04 Å². The fourth-order valence-corrected chi connectivity index (χ4v) is 2.72. The molecule has 2 aromatic rings. The molecule has 0 saturated heterocycles. The van der Waals surface area contributed by atoms with Crippen LogP contribution in [0.25, 0.3) is 0 Å². The monoisotopic (exact) mass is 276 g/mol. The fourth-order valence-electron chi connectivity index (χ4n) is 1.77. The summed E-state index contributed by atoms with van der Waals surface area (Å²) in [4.78, 5) is 0.